The van der Waals surface area contributed by atoms with Gasteiger partial charge in [0, 0.05) is 12.3 Å². The Hall–Kier alpha value is -1.64. The van der Waals surface area contributed by atoms with E-state index in [2.05, 4.69) is 5.73 Å². The van der Waals surface area contributed by atoms with Crippen molar-refractivity contribution in [2.75, 3.05) is 0 Å². The van der Waals surface area contributed by atoms with Crippen LogP contribution in [0, 0.1) is 11.8 Å². The van der Waals surface area contributed by atoms with Crippen molar-refractivity contribution >= 4 is 11.8 Å². The monoisotopic (exact) mass is 332 g/mol. The lowest BCUT2D eigenvalue weighted by atomic mass is 9.89. The van der Waals surface area contributed by atoms with E-state index in [1.54, 1.807) is 6.08 Å². The Bertz CT molecular complexity index is 534. The van der Waals surface area contributed by atoms with Gasteiger partial charge < -0.3 is 10.2 Å². The van der Waals surface area contributed by atoms with Crippen LogP contribution in [0.5, 0.6) is 0 Å². The molecule has 1 saturated carbocycles. The van der Waals surface area contributed by atoms with Crippen molar-refractivity contribution in [2.45, 2.75) is 70.3 Å². The molecule has 0 aliphatic heterocycles. The molecule has 24 heavy (non-hydrogen) atoms. The zero-order valence-electron chi connectivity index (χ0n) is 14.2. The van der Waals surface area contributed by atoms with E-state index in [-0.39, 0.29) is 24.2 Å². The van der Waals surface area contributed by atoms with Crippen LogP contribution in [0.3, 0.4) is 0 Å². The first-order valence-corrected chi connectivity index (χ1v) is 9.09. The number of Topliss-reactive ketones (excluding diaryl/α,β-unsaturated/α-hetero) is 1. The van der Waals surface area contributed by atoms with E-state index in [0.717, 1.165) is 38.5 Å². The largest absolute Gasteiger partial charge is 0.481 e. The van der Waals surface area contributed by atoms with Crippen molar-refractivity contribution < 1.29 is 19.8 Å². The third-order valence-corrected chi connectivity index (χ3v) is 5.19. The van der Waals surface area contributed by atoms with Gasteiger partial charge in [0.25, 0.3) is 0 Å². The summed E-state index contributed by atoms with van der Waals surface area (Å²) in [6, 6.07) is 0. The van der Waals surface area contributed by atoms with Crippen LogP contribution in [-0.2, 0) is 9.59 Å². The van der Waals surface area contributed by atoms with Gasteiger partial charge in [-0.05, 0) is 56.6 Å². The standard InChI is InChI=1S/C20H28O4/c21-18(16-7-5-6-8-16)13-11-15-12-14-19(22)17(15)9-3-1-2-4-10-20(23)24/h1,4,12,16-18,21H,3,5-11,13-14H2,(H,23,24)/t2?,17-,18?/m1/s1. The van der Waals surface area contributed by atoms with Crippen molar-refractivity contribution in [3.8, 4) is 0 Å². The molecule has 0 radical (unpaired) electrons. The van der Waals surface area contributed by atoms with Crippen LogP contribution in [0.25, 0.3) is 0 Å². The van der Waals surface area contributed by atoms with E-state index in [1.807, 2.05) is 6.08 Å². The number of hydrogen-bond donors (Lipinski definition) is 2. The average molecular weight is 332 g/mol. The van der Waals surface area contributed by atoms with Gasteiger partial charge in [0.15, 0.2) is 0 Å². The molecule has 0 aromatic rings. The molecule has 132 valence electrons. The van der Waals surface area contributed by atoms with Crippen molar-refractivity contribution in [3.05, 3.63) is 29.5 Å². The van der Waals surface area contributed by atoms with Crippen LogP contribution in [0.1, 0.15) is 64.2 Å². The molecular formula is C20H28O4. The summed E-state index contributed by atoms with van der Waals surface area (Å²) in [7, 11) is 0. The van der Waals surface area contributed by atoms with E-state index in [9.17, 15) is 14.7 Å². The number of carboxylic acids is 1. The smallest absolute Gasteiger partial charge is 0.307 e. The van der Waals surface area contributed by atoms with E-state index in [1.165, 1.54) is 24.5 Å². The Balaban J connectivity index is 1.76. The van der Waals surface area contributed by atoms with Crippen LogP contribution < -0.4 is 0 Å². The second-order valence-corrected chi connectivity index (χ2v) is 6.90. The number of aliphatic hydroxyl groups excluding tert-OH is 1. The summed E-state index contributed by atoms with van der Waals surface area (Å²) in [6.45, 7) is 0. The minimum atomic E-state index is -0.868. The molecule has 2 atom stereocenters. The molecule has 0 saturated heterocycles. The van der Waals surface area contributed by atoms with Crippen LogP contribution in [-0.4, -0.2) is 28.1 Å². The summed E-state index contributed by atoms with van der Waals surface area (Å²) in [5.74, 6) is -0.182. The van der Waals surface area contributed by atoms with E-state index >= 15 is 0 Å². The molecule has 1 fully saturated rings. The predicted molar refractivity (Wildman–Crippen MR) is 92.5 cm³/mol. The van der Waals surface area contributed by atoms with E-state index < -0.39 is 5.97 Å². The minimum absolute atomic E-state index is 0.0247. The molecule has 1 unspecified atom stereocenters. The molecule has 2 N–H and O–H groups in total. The molecule has 0 aromatic carbocycles. The Morgan fingerprint density at radius 3 is 2.79 bits per heavy atom. The second kappa shape index (κ2) is 9.61. The third kappa shape index (κ3) is 5.77. The second-order valence-electron chi connectivity index (χ2n) is 6.90. The Morgan fingerprint density at radius 1 is 1.33 bits per heavy atom. The molecular weight excluding hydrogens is 304 g/mol. The van der Waals surface area contributed by atoms with Gasteiger partial charge in [-0.1, -0.05) is 24.5 Å². The maximum atomic E-state index is 12.1. The molecule has 0 amide bonds. The first-order chi connectivity index (χ1) is 11.6. The summed E-state index contributed by atoms with van der Waals surface area (Å²) in [5.41, 5.74) is 4.04. The SMILES string of the molecule is O=C(O)CC=C=CCC[C@H]1C(=O)CC=C1CCC(O)C1CCCC1. The van der Waals surface area contributed by atoms with Gasteiger partial charge in [0.05, 0.1) is 12.5 Å². The molecule has 0 heterocycles. The topological polar surface area (TPSA) is 74.6 Å². The molecule has 2 aliphatic carbocycles. The number of rotatable bonds is 9. The molecule has 4 heteroatoms. The van der Waals surface area contributed by atoms with E-state index in [4.69, 9.17) is 5.11 Å². The molecule has 2 aliphatic rings. The highest BCUT2D eigenvalue weighted by atomic mass is 16.4. The highest BCUT2D eigenvalue weighted by Gasteiger charge is 2.28. The number of aliphatic carboxylic acids is 1. The number of carbonyl (C=O) groups is 2. The quantitative estimate of drug-likeness (QED) is 0.497. The van der Waals surface area contributed by atoms with Crippen molar-refractivity contribution in [2.24, 2.45) is 11.8 Å². The molecule has 4 nitrogen and oxygen atoms in total. The maximum Gasteiger partial charge on any atom is 0.307 e. The summed E-state index contributed by atoms with van der Waals surface area (Å²) in [4.78, 5) is 22.5. The molecule has 0 spiro atoms. The average Bonchev–Trinajstić information content (AvgIpc) is 3.19. The van der Waals surface area contributed by atoms with Gasteiger partial charge in [0.1, 0.15) is 5.78 Å². The lowest BCUT2D eigenvalue weighted by Gasteiger charge is -2.19. The van der Waals surface area contributed by atoms with Gasteiger partial charge in [-0.3, -0.25) is 9.59 Å². The molecule has 2 rings (SSSR count). The first kappa shape index (κ1) is 18.7. The first-order valence-electron chi connectivity index (χ1n) is 9.09. The van der Waals surface area contributed by atoms with Crippen LogP contribution >= 0.6 is 0 Å². The zero-order chi connectivity index (χ0) is 17.4. The van der Waals surface area contributed by atoms with Gasteiger partial charge in [-0.15, -0.1) is 5.73 Å². The molecule has 0 aromatic heterocycles. The maximum absolute atomic E-state index is 12.1. The van der Waals surface area contributed by atoms with Crippen LogP contribution in [0.15, 0.2) is 29.5 Å². The number of ketones is 1. The highest BCUT2D eigenvalue weighted by molar-refractivity contribution is 5.88. The number of aliphatic hydroxyl groups is 1. The van der Waals surface area contributed by atoms with Crippen molar-refractivity contribution in [1.29, 1.82) is 0 Å². The number of carbonyl (C=O) groups excluding carboxylic acids is 1. The lowest BCUT2D eigenvalue weighted by molar-refractivity contribution is -0.136. The Morgan fingerprint density at radius 2 is 2.08 bits per heavy atom. The number of carboxylic acid groups (broad SMARTS) is 1. The van der Waals surface area contributed by atoms with Gasteiger partial charge in [-0.2, -0.15) is 0 Å². The highest BCUT2D eigenvalue weighted by Crippen LogP contribution is 2.34. The van der Waals surface area contributed by atoms with Gasteiger partial charge in [0.2, 0.25) is 0 Å². The zero-order valence-corrected chi connectivity index (χ0v) is 14.2. The Labute approximate surface area is 144 Å². The lowest BCUT2D eigenvalue weighted by Crippen LogP contribution is -2.18. The normalized spacial score (nSPS) is 22.1. The third-order valence-electron chi connectivity index (χ3n) is 5.19. The number of allylic oxidation sites excluding steroid dienone is 2. The van der Waals surface area contributed by atoms with Crippen LogP contribution in [0.2, 0.25) is 0 Å². The van der Waals surface area contributed by atoms with Gasteiger partial charge in [-0.25, -0.2) is 0 Å². The Kier molecular flexibility index (Phi) is 7.48. The predicted octanol–water partition coefficient (Wildman–Crippen LogP) is 3.80. The summed E-state index contributed by atoms with van der Waals surface area (Å²) in [6.07, 6.45) is 13.4. The fourth-order valence-electron chi connectivity index (χ4n) is 3.80. The van der Waals surface area contributed by atoms with E-state index in [0.29, 0.717) is 12.3 Å². The summed E-state index contributed by atoms with van der Waals surface area (Å²) in [5, 5.41) is 18.8. The van der Waals surface area contributed by atoms with Crippen molar-refractivity contribution in [1.82, 2.24) is 0 Å². The molecule has 0 bridgehead atoms. The fourth-order valence-corrected chi connectivity index (χ4v) is 3.80. The van der Waals surface area contributed by atoms with Crippen molar-refractivity contribution in [3.63, 3.8) is 0 Å². The minimum Gasteiger partial charge on any atom is -0.481 e. The summed E-state index contributed by atoms with van der Waals surface area (Å²) < 4.78 is 0. The number of hydrogen-bond acceptors (Lipinski definition) is 3. The van der Waals surface area contributed by atoms with Gasteiger partial charge >= 0.3 is 5.97 Å². The summed E-state index contributed by atoms with van der Waals surface area (Å²) >= 11 is 0. The van der Waals surface area contributed by atoms with Crippen LogP contribution in [0.4, 0.5) is 0 Å². The fraction of sp³-hybridized carbons (Fsp3) is 0.650.